The molecule has 2 saturated heterocycles. The van der Waals surface area contributed by atoms with Gasteiger partial charge in [-0.15, -0.1) is 0 Å². The number of fused-ring (bicyclic) bond motifs is 2. The van der Waals surface area contributed by atoms with E-state index in [0.29, 0.717) is 24.4 Å². The zero-order valence-corrected chi connectivity index (χ0v) is 8.45. The molecule has 2 fully saturated rings. The standard InChI is InChI=1S/C10H19NO2/c1-7(12-2)6-11-9-5-8-3-4-10(9)13-8/h7-11H,3-6H2,1-2H3. The fraction of sp³-hybridized carbons (Fsp3) is 1.00. The quantitative estimate of drug-likeness (QED) is 0.707. The van der Waals surface area contributed by atoms with Crippen LogP contribution in [0.2, 0.25) is 0 Å². The van der Waals surface area contributed by atoms with Crippen molar-refractivity contribution in [3.8, 4) is 0 Å². The third-order valence-corrected chi connectivity index (χ3v) is 3.18. The second-order valence-corrected chi connectivity index (χ2v) is 4.17. The summed E-state index contributed by atoms with van der Waals surface area (Å²) in [6.45, 7) is 3.02. The number of rotatable bonds is 4. The van der Waals surface area contributed by atoms with Gasteiger partial charge in [0.2, 0.25) is 0 Å². The summed E-state index contributed by atoms with van der Waals surface area (Å²) in [5.41, 5.74) is 0. The molecule has 76 valence electrons. The van der Waals surface area contributed by atoms with E-state index in [9.17, 15) is 0 Å². The molecule has 0 saturated carbocycles. The summed E-state index contributed by atoms with van der Waals surface area (Å²) in [5.74, 6) is 0. The van der Waals surface area contributed by atoms with E-state index in [1.54, 1.807) is 7.11 Å². The van der Waals surface area contributed by atoms with Gasteiger partial charge in [0.15, 0.2) is 0 Å². The average molecular weight is 185 g/mol. The second-order valence-electron chi connectivity index (χ2n) is 4.17. The summed E-state index contributed by atoms with van der Waals surface area (Å²) in [5, 5.41) is 3.51. The minimum atomic E-state index is 0.305. The maximum absolute atomic E-state index is 5.75. The number of ether oxygens (including phenoxy) is 2. The first-order chi connectivity index (χ1) is 6.29. The molecular weight excluding hydrogens is 166 g/mol. The van der Waals surface area contributed by atoms with Crippen molar-refractivity contribution in [1.29, 1.82) is 0 Å². The lowest BCUT2D eigenvalue weighted by atomic mass is 9.95. The lowest BCUT2D eigenvalue weighted by Gasteiger charge is -2.21. The van der Waals surface area contributed by atoms with Crippen molar-refractivity contribution >= 4 is 0 Å². The monoisotopic (exact) mass is 185 g/mol. The van der Waals surface area contributed by atoms with Gasteiger partial charge in [-0.3, -0.25) is 0 Å². The fourth-order valence-electron chi connectivity index (χ4n) is 2.25. The average Bonchev–Trinajstić information content (AvgIpc) is 2.74. The molecule has 13 heavy (non-hydrogen) atoms. The molecule has 3 nitrogen and oxygen atoms in total. The summed E-state index contributed by atoms with van der Waals surface area (Å²) >= 11 is 0. The van der Waals surface area contributed by atoms with E-state index < -0.39 is 0 Å². The Morgan fingerprint density at radius 2 is 2.38 bits per heavy atom. The first-order valence-electron chi connectivity index (χ1n) is 5.21. The van der Waals surface area contributed by atoms with Crippen LogP contribution in [0, 0.1) is 0 Å². The van der Waals surface area contributed by atoms with Crippen molar-refractivity contribution in [2.24, 2.45) is 0 Å². The van der Waals surface area contributed by atoms with Gasteiger partial charge >= 0.3 is 0 Å². The lowest BCUT2D eigenvalue weighted by molar-refractivity contribution is 0.0888. The van der Waals surface area contributed by atoms with Gasteiger partial charge in [-0.25, -0.2) is 0 Å². The number of hydrogen-bond acceptors (Lipinski definition) is 3. The van der Waals surface area contributed by atoms with E-state index in [1.165, 1.54) is 19.3 Å². The molecule has 4 unspecified atom stereocenters. The van der Waals surface area contributed by atoms with Gasteiger partial charge < -0.3 is 14.8 Å². The maximum Gasteiger partial charge on any atom is 0.0733 e. The van der Waals surface area contributed by atoms with Crippen molar-refractivity contribution in [3.63, 3.8) is 0 Å². The zero-order chi connectivity index (χ0) is 9.26. The van der Waals surface area contributed by atoms with Crippen LogP contribution in [0.25, 0.3) is 0 Å². The Balaban J connectivity index is 1.71. The maximum atomic E-state index is 5.75. The van der Waals surface area contributed by atoms with Crippen molar-refractivity contribution in [3.05, 3.63) is 0 Å². The van der Waals surface area contributed by atoms with Crippen molar-refractivity contribution in [1.82, 2.24) is 5.32 Å². The van der Waals surface area contributed by atoms with E-state index in [0.717, 1.165) is 6.54 Å². The molecule has 2 bridgehead atoms. The van der Waals surface area contributed by atoms with Crippen LogP contribution in [-0.2, 0) is 9.47 Å². The minimum Gasteiger partial charge on any atom is -0.380 e. The molecule has 0 aromatic heterocycles. The van der Waals surface area contributed by atoms with Gasteiger partial charge in [0.1, 0.15) is 0 Å². The van der Waals surface area contributed by atoms with Gasteiger partial charge in [-0.2, -0.15) is 0 Å². The van der Waals surface area contributed by atoms with Crippen LogP contribution in [-0.4, -0.2) is 38.0 Å². The van der Waals surface area contributed by atoms with Gasteiger partial charge in [0.25, 0.3) is 0 Å². The molecule has 4 atom stereocenters. The zero-order valence-electron chi connectivity index (χ0n) is 8.45. The Morgan fingerprint density at radius 1 is 1.54 bits per heavy atom. The molecule has 0 radical (unpaired) electrons. The van der Waals surface area contributed by atoms with Gasteiger partial charge in [0.05, 0.1) is 18.3 Å². The number of hydrogen-bond donors (Lipinski definition) is 1. The first-order valence-corrected chi connectivity index (χ1v) is 5.21. The molecule has 0 spiro atoms. The van der Waals surface area contributed by atoms with Crippen molar-refractivity contribution in [2.75, 3.05) is 13.7 Å². The highest BCUT2D eigenvalue weighted by atomic mass is 16.5. The van der Waals surface area contributed by atoms with E-state index >= 15 is 0 Å². The van der Waals surface area contributed by atoms with Crippen molar-refractivity contribution in [2.45, 2.75) is 50.5 Å². The molecule has 2 heterocycles. The highest BCUT2D eigenvalue weighted by Crippen LogP contribution is 2.34. The lowest BCUT2D eigenvalue weighted by Crippen LogP contribution is -2.41. The van der Waals surface area contributed by atoms with E-state index in [4.69, 9.17) is 9.47 Å². The summed E-state index contributed by atoms with van der Waals surface area (Å²) in [7, 11) is 1.75. The Hall–Kier alpha value is -0.120. The third-order valence-electron chi connectivity index (χ3n) is 3.18. The molecule has 2 aliphatic rings. The van der Waals surface area contributed by atoms with E-state index in [1.807, 2.05) is 0 Å². The Morgan fingerprint density at radius 3 is 2.92 bits per heavy atom. The molecule has 0 aliphatic carbocycles. The van der Waals surface area contributed by atoms with Crippen molar-refractivity contribution < 1.29 is 9.47 Å². The molecule has 0 amide bonds. The SMILES string of the molecule is COC(C)CNC1CC2CCC1O2. The van der Waals surface area contributed by atoms with Crippen LogP contribution < -0.4 is 5.32 Å². The van der Waals surface area contributed by atoms with Crippen LogP contribution in [0.15, 0.2) is 0 Å². The van der Waals surface area contributed by atoms with E-state index in [2.05, 4.69) is 12.2 Å². The summed E-state index contributed by atoms with van der Waals surface area (Å²) < 4.78 is 10.9. The minimum absolute atomic E-state index is 0.305. The largest absolute Gasteiger partial charge is 0.380 e. The summed E-state index contributed by atoms with van der Waals surface area (Å²) in [6.07, 6.45) is 5.03. The Labute approximate surface area is 79.8 Å². The third kappa shape index (κ3) is 2.03. The molecule has 1 N–H and O–H groups in total. The molecule has 2 rings (SSSR count). The van der Waals surface area contributed by atoms with Crippen LogP contribution in [0.5, 0.6) is 0 Å². The normalized spacial score (nSPS) is 39.7. The Kier molecular flexibility index (Phi) is 2.86. The number of methoxy groups -OCH3 is 1. The highest BCUT2D eigenvalue weighted by molar-refractivity contribution is 4.93. The van der Waals surface area contributed by atoms with E-state index in [-0.39, 0.29) is 0 Å². The van der Waals surface area contributed by atoms with Crippen LogP contribution in [0.3, 0.4) is 0 Å². The Bertz CT molecular complexity index is 174. The molecular formula is C10H19NO2. The predicted octanol–water partition coefficient (Wildman–Crippen LogP) is 0.931. The first kappa shape index (κ1) is 9.44. The molecule has 0 aromatic rings. The topological polar surface area (TPSA) is 30.5 Å². The van der Waals surface area contributed by atoms with Gasteiger partial charge in [0, 0.05) is 19.7 Å². The van der Waals surface area contributed by atoms with Crippen LogP contribution in [0.4, 0.5) is 0 Å². The molecule has 3 heteroatoms. The van der Waals surface area contributed by atoms with Crippen LogP contribution in [0.1, 0.15) is 26.2 Å². The highest BCUT2D eigenvalue weighted by Gasteiger charge is 2.40. The smallest absolute Gasteiger partial charge is 0.0733 e. The second kappa shape index (κ2) is 3.95. The van der Waals surface area contributed by atoms with Crippen LogP contribution >= 0.6 is 0 Å². The molecule has 2 aliphatic heterocycles. The van der Waals surface area contributed by atoms with Gasteiger partial charge in [-0.05, 0) is 26.2 Å². The fourth-order valence-corrected chi connectivity index (χ4v) is 2.25. The predicted molar refractivity (Wildman–Crippen MR) is 50.8 cm³/mol. The van der Waals surface area contributed by atoms with Gasteiger partial charge in [-0.1, -0.05) is 0 Å². The number of nitrogens with one attached hydrogen (secondary N) is 1. The molecule has 0 aromatic carbocycles. The summed E-state index contributed by atoms with van der Waals surface area (Å²) in [6, 6.07) is 0.580. The summed E-state index contributed by atoms with van der Waals surface area (Å²) in [4.78, 5) is 0.